The fourth-order valence-corrected chi connectivity index (χ4v) is 2.49. The minimum Gasteiger partial charge on any atom is -0.491 e. The molecule has 0 N–H and O–H groups in total. The number of halogens is 1. The van der Waals surface area contributed by atoms with Crippen molar-refractivity contribution in [2.45, 2.75) is 13.0 Å². The van der Waals surface area contributed by atoms with Crippen molar-refractivity contribution in [2.24, 2.45) is 0 Å². The van der Waals surface area contributed by atoms with Crippen molar-refractivity contribution in [3.63, 3.8) is 0 Å². The highest BCUT2D eigenvalue weighted by atomic mass is 79.9. The molecule has 1 saturated heterocycles. The van der Waals surface area contributed by atoms with Gasteiger partial charge in [0, 0.05) is 15.6 Å². The van der Waals surface area contributed by atoms with Crippen LogP contribution in [-0.4, -0.2) is 25.1 Å². The highest BCUT2D eigenvalue weighted by Crippen LogP contribution is 2.26. The Labute approximate surface area is 132 Å². The van der Waals surface area contributed by atoms with E-state index in [0.29, 0.717) is 23.5 Å². The smallest absolute Gasteiger partial charge is 0.194 e. The number of rotatable bonds is 5. The number of ketones is 1. The number of carbonyl (C=O) groups excluding carboxylic acids is 1. The van der Waals surface area contributed by atoms with Gasteiger partial charge in [0.1, 0.15) is 18.5 Å². The van der Waals surface area contributed by atoms with Crippen LogP contribution in [0.1, 0.15) is 21.5 Å². The molecule has 3 nitrogen and oxygen atoms in total. The molecule has 0 saturated carbocycles. The average molecular weight is 347 g/mol. The molecule has 1 aliphatic heterocycles. The largest absolute Gasteiger partial charge is 0.491 e. The number of benzene rings is 2. The number of hydrogen-bond donors (Lipinski definition) is 0. The Morgan fingerprint density at radius 1 is 1.33 bits per heavy atom. The molecule has 0 amide bonds. The molecule has 0 aliphatic carbocycles. The second kappa shape index (κ2) is 6.00. The van der Waals surface area contributed by atoms with Crippen LogP contribution in [0.15, 0.2) is 46.9 Å². The Balaban J connectivity index is 1.85. The maximum Gasteiger partial charge on any atom is 0.194 e. The highest BCUT2D eigenvalue weighted by Gasteiger charge is 2.23. The lowest BCUT2D eigenvalue weighted by atomic mass is 10.0. The van der Waals surface area contributed by atoms with Gasteiger partial charge in [-0.15, -0.1) is 0 Å². The first-order valence-electron chi connectivity index (χ1n) is 6.79. The molecular weight excluding hydrogens is 332 g/mol. The Bertz CT molecular complexity index is 677. The van der Waals surface area contributed by atoms with Crippen LogP contribution in [0.25, 0.3) is 0 Å². The van der Waals surface area contributed by atoms with Crippen LogP contribution in [0.3, 0.4) is 0 Å². The summed E-state index contributed by atoms with van der Waals surface area (Å²) >= 11 is 3.44. The van der Waals surface area contributed by atoms with Crippen LogP contribution >= 0.6 is 15.9 Å². The number of epoxide rings is 1. The zero-order valence-corrected chi connectivity index (χ0v) is 13.2. The van der Waals surface area contributed by atoms with Gasteiger partial charge in [0.05, 0.1) is 6.61 Å². The van der Waals surface area contributed by atoms with Crippen molar-refractivity contribution in [3.8, 4) is 5.75 Å². The third-order valence-corrected chi connectivity index (χ3v) is 3.99. The van der Waals surface area contributed by atoms with Gasteiger partial charge in [-0.25, -0.2) is 0 Å². The molecule has 108 valence electrons. The van der Waals surface area contributed by atoms with Gasteiger partial charge in [-0.2, -0.15) is 0 Å². The summed E-state index contributed by atoms with van der Waals surface area (Å²) in [7, 11) is 0. The maximum absolute atomic E-state index is 12.6. The quantitative estimate of drug-likeness (QED) is 0.611. The van der Waals surface area contributed by atoms with E-state index < -0.39 is 0 Å². The summed E-state index contributed by atoms with van der Waals surface area (Å²) in [5.41, 5.74) is 2.35. The van der Waals surface area contributed by atoms with E-state index in [1.807, 2.05) is 43.3 Å². The van der Waals surface area contributed by atoms with E-state index in [9.17, 15) is 4.79 Å². The summed E-state index contributed by atoms with van der Waals surface area (Å²) in [6.45, 7) is 3.26. The van der Waals surface area contributed by atoms with Crippen molar-refractivity contribution in [1.82, 2.24) is 0 Å². The molecule has 0 spiro atoms. The Hall–Kier alpha value is -1.65. The van der Waals surface area contributed by atoms with Crippen LogP contribution in [0, 0.1) is 6.92 Å². The SMILES string of the molecule is Cc1cccc(C(=O)c2cc(OCC3CO3)ccc2Br)c1. The van der Waals surface area contributed by atoms with E-state index in [2.05, 4.69) is 15.9 Å². The first kappa shape index (κ1) is 14.3. The summed E-state index contributed by atoms with van der Waals surface area (Å²) in [6, 6.07) is 13.0. The molecule has 1 heterocycles. The summed E-state index contributed by atoms with van der Waals surface area (Å²) in [4.78, 5) is 12.6. The fourth-order valence-electron chi connectivity index (χ4n) is 2.06. The minimum atomic E-state index is -0.0151. The van der Waals surface area contributed by atoms with E-state index in [1.165, 1.54) is 0 Å². The third kappa shape index (κ3) is 3.52. The molecule has 1 aliphatic rings. The van der Waals surface area contributed by atoms with E-state index in [4.69, 9.17) is 9.47 Å². The van der Waals surface area contributed by atoms with E-state index in [-0.39, 0.29) is 11.9 Å². The van der Waals surface area contributed by atoms with Crippen LogP contribution in [0.5, 0.6) is 5.75 Å². The Morgan fingerprint density at radius 2 is 2.14 bits per heavy atom. The number of carbonyl (C=O) groups is 1. The molecule has 4 heteroatoms. The van der Waals surface area contributed by atoms with Crippen LogP contribution < -0.4 is 4.74 Å². The third-order valence-electron chi connectivity index (χ3n) is 3.30. The molecule has 0 bridgehead atoms. The first-order valence-corrected chi connectivity index (χ1v) is 7.58. The molecule has 1 fully saturated rings. The Kier molecular flexibility index (Phi) is 4.08. The monoisotopic (exact) mass is 346 g/mol. The summed E-state index contributed by atoms with van der Waals surface area (Å²) in [5, 5.41) is 0. The highest BCUT2D eigenvalue weighted by molar-refractivity contribution is 9.10. The zero-order chi connectivity index (χ0) is 14.8. The molecule has 2 aromatic rings. The lowest BCUT2D eigenvalue weighted by molar-refractivity contribution is 0.103. The first-order chi connectivity index (χ1) is 10.1. The van der Waals surface area contributed by atoms with Crippen molar-refractivity contribution in [2.75, 3.05) is 13.2 Å². The topological polar surface area (TPSA) is 38.8 Å². The summed E-state index contributed by atoms with van der Waals surface area (Å²) < 4.78 is 11.5. The number of hydrogen-bond acceptors (Lipinski definition) is 3. The maximum atomic E-state index is 12.6. The predicted molar refractivity (Wildman–Crippen MR) is 84.0 cm³/mol. The lowest BCUT2D eigenvalue weighted by Crippen LogP contribution is -2.06. The molecule has 0 aromatic heterocycles. The Morgan fingerprint density at radius 3 is 2.86 bits per heavy atom. The van der Waals surface area contributed by atoms with E-state index in [0.717, 1.165) is 16.6 Å². The lowest BCUT2D eigenvalue weighted by Gasteiger charge is -2.09. The van der Waals surface area contributed by atoms with Crippen molar-refractivity contribution >= 4 is 21.7 Å². The standard InChI is InChI=1S/C17H15BrO3/c1-11-3-2-4-12(7-11)17(19)15-8-13(5-6-16(15)18)20-9-14-10-21-14/h2-8,14H,9-10H2,1H3. The molecular formula is C17H15BrO3. The zero-order valence-electron chi connectivity index (χ0n) is 11.6. The van der Waals surface area contributed by atoms with E-state index in [1.54, 1.807) is 6.07 Å². The number of aryl methyl sites for hydroxylation is 1. The predicted octanol–water partition coefficient (Wildman–Crippen LogP) is 3.77. The molecule has 0 radical (unpaired) electrons. The summed E-state index contributed by atoms with van der Waals surface area (Å²) in [5.74, 6) is 0.670. The van der Waals surface area contributed by atoms with Crippen LogP contribution in [-0.2, 0) is 4.74 Å². The van der Waals surface area contributed by atoms with Gasteiger partial charge in [0.25, 0.3) is 0 Å². The van der Waals surface area contributed by atoms with Gasteiger partial charge >= 0.3 is 0 Å². The van der Waals surface area contributed by atoms with Crippen molar-refractivity contribution in [3.05, 3.63) is 63.6 Å². The van der Waals surface area contributed by atoms with Crippen LogP contribution in [0.4, 0.5) is 0 Å². The van der Waals surface area contributed by atoms with E-state index >= 15 is 0 Å². The molecule has 1 atom stereocenters. The van der Waals surface area contributed by atoms with Gasteiger partial charge in [-0.1, -0.05) is 39.7 Å². The minimum absolute atomic E-state index is 0.0151. The average Bonchev–Trinajstić information content (AvgIpc) is 3.30. The molecule has 3 rings (SSSR count). The summed E-state index contributed by atoms with van der Waals surface area (Å²) in [6.07, 6.45) is 0.199. The normalized spacial score (nSPS) is 16.6. The van der Waals surface area contributed by atoms with Crippen molar-refractivity contribution < 1.29 is 14.3 Å². The molecule has 2 aromatic carbocycles. The molecule has 1 unspecified atom stereocenters. The van der Waals surface area contributed by atoms with Crippen molar-refractivity contribution in [1.29, 1.82) is 0 Å². The second-order valence-electron chi connectivity index (χ2n) is 5.11. The second-order valence-corrected chi connectivity index (χ2v) is 5.96. The van der Waals surface area contributed by atoms with Gasteiger partial charge in [0.2, 0.25) is 0 Å². The van der Waals surface area contributed by atoms with Gasteiger partial charge < -0.3 is 9.47 Å². The fraction of sp³-hybridized carbons (Fsp3) is 0.235. The van der Waals surface area contributed by atoms with Gasteiger partial charge in [-0.3, -0.25) is 4.79 Å². The molecule has 21 heavy (non-hydrogen) atoms. The van der Waals surface area contributed by atoms with Gasteiger partial charge in [0.15, 0.2) is 5.78 Å². The van der Waals surface area contributed by atoms with Crippen LogP contribution in [0.2, 0.25) is 0 Å². The number of ether oxygens (including phenoxy) is 2. The van der Waals surface area contributed by atoms with Gasteiger partial charge in [-0.05, 0) is 31.2 Å².